The number of H-pyrrole nitrogens is 1. The van der Waals surface area contributed by atoms with Crippen molar-refractivity contribution in [3.05, 3.63) is 11.3 Å². The van der Waals surface area contributed by atoms with Crippen LogP contribution in [0.2, 0.25) is 0 Å². The summed E-state index contributed by atoms with van der Waals surface area (Å²) in [5.74, 6) is -0.915. The van der Waals surface area contributed by atoms with E-state index in [9.17, 15) is 13.2 Å². The summed E-state index contributed by atoms with van der Waals surface area (Å²) in [4.78, 5) is 11.2. The fourth-order valence-corrected chi connectivity index (χ4v) is 3.67. The number of hydrogen-bond acceptors (Lipinski definition) is 4. The van der Waals surface area contributed by atoms with Gasteiger partial charge in [-0.05, 0) is 33.1 Å². The first-order chi connectivity index (χ1) is 9.33. The number of aryl methyl sites for hydroxylation is 1. The molecule has 8 nitrogen and oxygen atoms in total. The number of aliphatic carboxylic acids is 1. The summed E-state index contributed by atoms with van der Waals surface area (Å²) < 4.78 is 28.0. The maximum atomic E-state index is 12.3. The molecule has 1 saturated heterocycles. The number of carbonyl (C=O) groups is 1. The highest BCUT2D eigenvalue weighted by atomic mass is 32.2. The number of aromatic nitrogens is 2. The largest absolute Gasteiger partial charge is 0.480 e. The minimum absolute atomic E-state index is 0.203. The van der Waals surface area contributed by atoms with Crippen molar-refractivity contribution in [2.24, 2.45) is 0 Å². The van der Waals surface area contributed by atoms with E-state index >= 15 is 0 Å². The van der Waals surface area contributed by atoms with Gasteiger partial charge in [-0.2, -0.15) is 17.8 Å². The second-order valence-electron chi connectivity index (χ2n) is 4.89. The van der Waals surface area contributed by atoms with Gasteiger partial charge in [-0.25, -0.2) is 0 Å². The van der Waals surface area contributed by atoms with Crippen LogP contribution in [0.3, 0.4) is 0 Å². The van der Waals surface area contributed by atoms with Crippen molar-refractivity contribution in [3.63, 3.8) is 0 Å². The Bertz CT molecular complexity index is 610. The average molecular weight is 302 g/mol. The first-order valence-corrected chi connectivity index (χ1v) is 7.81. The van der Waals surface area contributed by atoms with E-state index in [0.717, 1.165) is 10.00 Å². The molecule has 112 valence electrons. The molecule has 3 N–H and O–H groups in total. The Morgan fingerprint density at radius 1 is 1.45 bits per heavy atom. The molecule has 0 aromatic carbocycles. The molecule has 2 heterocycles. The third kappa shape index (κ3) is 2.78. The van der Waals surface area contributed by atoms with Crippen LogP contribution in [0, 0.1) is 13.8 Å². The smallest absolute Gasteiger partial charge is 0.322 e. The lowest BCUT2D eigenvalue weighted by atomic mass is 10.1. The van der Waals surface area contributed by atoms with Gasteiger partial charge in [0.15, 0.2) is 5.82 Å². The van der Waals surface area contributed by atoms with Gasteiger partial charge in [-0.15, -0.1) is 0 Å². The number of hydrogen-bond donors (Lipinski definition) is 3. The third-order valence-corrected chi connectivity index (χ3v) is 5.03. The van der Waals surface area contributed by atoms with E-state index in [1.165, 1.54) is 0 Å². The predicted octanol–water partition coefficient (Wildman–Crippen LogP) is 0.622. The number of nitrogens with one attached hydrogen (secondary N) is 2. The summed E-state index contributed by atoms with van der Waals surface area (Å²) in [6.45, 7) is 3.72. The molecule has 1 aliphatic rings. The fraction of sp³-hybridized carbons (Fsp3) is 0.636. The Morgan fingerprint density at radius 2 is 2.15 bits per heavy atom. The monoisotopic (exact) mass is 302 g/mol. The number of piperidine rings is 1. The number of anilines is 1. The summed E-state index contributed by atoms with van der Waals surface area (Å²) in [6.07, 6.45) is 1.70. The zero-order valence-electron chi connectivity index (χ0n) is 11.4. The van der Waals surface area contributed by atoms with Gasteiger partial charge in [0.25, 0.3) is 0 Å². The van der Waals surface area contributed by atoms with Crippen LogP contribution in [-0.2, 0) is 15.0 Å². The summed E-state index contributed by atoms with van der Waals surface area (Å²) in [7, 11) is -3.92. The lowest BCUT2D eigenvalue weighted by molar-refractivity contribution is -0.142. The molecule has 1 aromatic heterocycles. The lowest BCUT2D eigenvalue weighted by Crippen LogP contribution is -2.50. The van der Waals surface area contributed by atoms with Crippen molar-refractivity contribution in [1.29, 1.82) is 0 Å². The Kier molecular flexibility index (Phi) is 4.00. The van der Waals surface area contributed by atoms with Gasteiger partial charge < -0.3 is 5.11 Å². The molecular weight excluding hydrogens is 284 g/mol. The van der Waals surface area contributed by atoms with Gasteiger partial charge in [-0.3, -0.25) is 14.6 Å². The van der Waals surface area contributed by atoms with Crippen molar-refractivity contribution in [2.45, 2.75) is 39.2 Å². The van der Waals surface area contributed by atoms with E-state index < -0.39 is 22.2 Å². The molecule has 20 heavy (non-hydrogen) atoms. The molecule has 0 amide bonds. The highest BCUT2D eigenvalue weighted by Gasteiger charge is 2.37. The van der Waals surface area contributed by atoms with E-state index in [2.05, 4.69) is 14.9 Å². The molecule has 1 unspecified atom stereocenters. The summed E-state index contributed by atoms with van der Waals surface area (Å²) >= 11 is 0. The van der Waals surface area contributed by atoms with Crippen molar-refractivity contribution in [2.75, 3.05) is 11.3 Å². The average Bonchev–Trinajstić information content (AvgIpc) is 2.70. The predicted molar refractivity (Wildman–Crippen MR) is 72.6 cm³/mol. The van der Waals surface area contributed by atoms with Crippen LogP contribution in [0.15, 0.2) is 0 Å². The van der Waals surface area contributed by atoms with E-state index in [-0.39, 0.29) is 12.4 Å². The van der Waals surface area contributed by atoms with Crippen molar-refractivity contribution < 1.29 is 18.3 Å². The van der Waals surface area contributed by atoms with Gasteiger partial charge in [0, 0.05) is 17.8 Å². The lowest BCUT2D eigenvalue weighted by Gasteiger charge is -2.31. The van der Waals surface area contributed by atoms with Gasteiger partial charge in [0.05, 0.1) is 0 Å². The summed E-state index contributed by atoms with van der Waals surface area (Å²) in [5, 5.41) is 15.7. The minimum atomic E-state index is -3.92. The normalized spacial score (nSPS) is 20.8. The maximum absolute atomic E-state index is 12.3. The second kappa shape index (κ2) is 5.41. The summed E-state index contributed by atoms with van der Waals surface area (Å²) in [5.41, 5.74) is 1.45. The molecule has 2 rings (SSSR count). The van der Waals surface area contributed by atoms with Crippen LogP contribution in [0.25, 0.3) is 0 Å². The molecule has 1 fully saturated rings. The van der Waals surface area contributed by atoms with Gasteiger partial charge in [0.1, 0.15) is 6.04 Å². The maximum Gasteiger partial charge on any atom is 0.322 e. The Balaban J connectivity index is 2.24. The molecule has 0 radical (unpaired) electrons. The van der Waals surface area contributed by atoms with E-state index in [1.54, 1.807) is 13.8 Å². The minimum Gasteiger partial charge on any atom is -0.480 e. The molecule has 9 heteroatoms. The van der Waals surface area contributed by atoms with Crippen LogP contribution < -0.4 is 4.72 Å². The fourth-order valence-electron chi connectivity index (χ4n) is 2.20. The van der Waals surface area contributed by atoms with Gasteiger partial charge in [0.2, 0.25) is 0 Å². The second-order valence-corrected chi connectivity index (χ2v) is 6.51. The summed E-state index contributed by atoms with van der Waals surface area (Å²) in [6, 6.07) is -1.01. The van der Waals surface area contributed by atoms with Crippen molar-refractivity contribution in [3.8, 4) is 0 Å². The van der Waals surface area contributed by atoms with E-state index in [1.807, 2.05) is 0 Å². The molecule has 1 aromatic rings. The Morgan fingerprint density at radius 3 is 2.70 bits per heavy atom. The molecule has 0 aliphatic carbocycles. The standard InChI is InChI=1S/C11H18N4O4S/c1-7-8(2)12-13-10(7)14-20(18,19)15-6-4-3-5-9(15)11(16)17/h9H,3-6H2,1-2H3,(H,16,17)(H2,12,13,14). The van der Waals surface area contributed by atoms with E-state index in [4.69, 9.17) is 5.11 Å². The quantitative estimate of drug-likeness (QED) is 0.754. The molecule has 1 atom stereocenters. The Hall–Kier alpha value is -1.61. The van der Waals surface area contributed by atoms with Crippen LogP contribution in [-0.4, -0.2) is 46.6 Å². The number of carboxylic acid groups (broad SMARTS) is 1. The van der Waals surface area contributed by atoms with Crippen LogP contribution in [0.5, 0.6) is 0 Å². The van der Waals surface area contributed by atoms with Gasteiger partial charge in [-0.1, -0.05) is 0 Å². The topological polar surface area (TPSA) is 115 Å². The molecule has 0 bridgehead atoms. The Labute approximate surface area is 117 Å². The highest BCUT2D eigenvalue weighted by Crippen LogP contribution is 2.23. The van der Waals surface area contributed by atoms with Crippen molar-refractivity contribution >= 4 is 22.0 Å². The molecule has 0 spiro atoms. The number of aromatic amines is 1. The highest BCUT2D eigenvalue weighted by molar-refractivity contribution is 7.90. The zero-order valence-corrected chi connectivity index (χ0v) is 12.2. The zero-order chi connectivity index (χ0) is 14.9. The molecule has 1 aliphatic heterocycles. The van der Waals surface area contributed by atoms with Crippen LogP contribution in [0.1, 0.15) is 30.5 Å². The molecular formula is C11H18N4O4S. The van der Waals surface area contributed by atoms with Gasteiger partial charge >= 0.3 is 16.2 Å². The number of nitrogens with zero attached hydrogens (tertiary/aromatic N) is 2. The van der Waals surface area contributed by atoms with E-state index in [0.29, 0.717) is 24.8 Å². The first kappa shape index (κ1) is 14.8. The first-order valence-electron chi connectivity index (χ1n) is 6.37. The van der Waals surface area contributed by atoms with Crippen LogP contribution >= 0.6 is 0 Å². The number of rotatable bonds is 4. The third-order valence-electron chi connectivity index (χ3n) is 3.53. The van der Waals surface area contributed by atoms with Crippen LogP contribution in [0.4, 0.5) is 5.82 Å². The SMILES string of the molecule is Cc1[nH]nc(NS(=O)(=O)N2CCCCC2C(=O)O)c1C. The number of carboxylic acids is 1. The molecule has 0 saturated carbocycles. The van der Waals surface area contributed by atoms with Crippen molar-refractivity contribution in [1.82, 2.24) is 14.5 Å².